The van der Waals surface area contributed by atoms with Gasteiger partial charge in [-0.1, -0.05) is 23.2 Å². The van der Waals surface area contributed by atoms with Gasteiger partial charge in [0.25, 0.3) is 0 Å². The molecular weight excluding hydrogens is 375 g/mol. The third-order valence-electron chi connectivity index (χ3n) is 2.20. The van der Waals surface area contributed by atoms with Crippen molar-refractivity contribution in [2.24, 2.45) is 0 Å². The molecule has 0 radical (unpaired) electrons. The molecule has 19 heavy (non-hydrogen) atoms. The molecule has 0 bridgehead atoms. The summed E-state index contributed by atoms with van der Waals surface area (Å²) in [6.07, 6.45) is 0. The second kappa shape index (κ2) is 5.71. The van der Waals surface area contributed by atoms with Crippen LogP contribution in [0.5, 0.6) is 5.75 Å². The average Bonchev–Trinajstić information content (AvgIpc) is 2.34. The lowest BCUT2D eigenvalue weighted by Crippen LogP contribution is -2.09. The van der Waals surface area contributed by atoms with E-state index in [1.165, 1.54) is 36.4 Å². The molecule has 0 aliphatic heterocycles. The van der Waals surface area contributed by atoms with Crippen LogP contribution in [0.1, 0.15) is 0 Å². The first-order chi connectivity index (χ1) is 8.88. The van der Waals surface area contributed by atoms with Crippen LogP contribution in [0.2, 0.25) is 10.0 Å². The molecule has 0 aliphatic rings. The quantitative estimate of drug-likeness (QED) is 0.734. The van der Waals surface area contributed by atoms with Crippen molar-refractivity contribution in [1.82, 2.24) is 0 Å². The minimum Gasteiger partial charge on any atom is -0.379 e. The molecule has 0 atom stereocenters. The van der Waals surface area contributed by atoms with Crippen LogP contribution in [0.4, 0.5) is 0 Å². The van der Waals surface area contributed by atoms with Crippen LogP contribution in [0.15, 0.2) is 51.8 Å². The van der Waals surface area contributed by atoms with E-state index in [0.717, 1.165) is 0 Å². The molecule has 0 fully saturated rings. The van der Waals surface area contributed by atoms with E-state index in [4.69, 9.17) is 27.4 Å². The highest BCUT2D eigenvalue weighted by Gasteiger charge is 2.16. The topological polar surface area (TPSA) is 43.4 Å². The Bertz CT molecular complexity index is 699. The molecule has 0 amide bonds. The minimum atomic E-state index is -3.88. The molecule has 0 heterocycles. The van der Waals surface area contributed by atoms with Gasteiger partial charge in [0.1, 0.15) is 10.6 Å². The van der Waals surface area contributed by atoms with Gasteiger partial charge in [-0.3, -0.25) is 0 Å². The van der Waals surface area contributed by atoms with E-state index in [0.29, 0.717) is 14.5 Å². The number of hydrogen-bond donors (Lipinski definition) is 0. The number of halogens is 3. The minimum absolute atomic E-state index is 0.0305. The summed E-state index contributed by atoms with van der Waals surface area (Å²) in [6.45, 7) is 0. The average molecular weight is 382 g/mol. The van der Waals surface area contributed by atoms with Crippen LogP contribution < -0.4 is 4.18 Å². The highest BCUT2D eigenvalue weighted by molar-refractivity contribution is 9.10. The largest absolute Gasteiger partial charge is 0.379 e. The predicted octanol–water partition coefficient (Wildman–Crippen LogP) is 4.52. The van der Waals surface area contributed by atoms with E-state index in [1.807, 2.05) is 0 Å². The summed E-state index contributed by atoms with van der Waals surface area (Å²) < 4.78 is 29.5. The molecule has 3 nitrogen and oxygen atoms in total. The highest BCUT2D eigenvalue weighted by Crippen LogP contribution is 2.28. The van der Waals surface area contributed by atoms with Gasteiger partial charge in [0.15, 0.2) is 0 Å². The summed E-state index contributed by atoms with van der Waals surface area (Å²) in [5.41, 5.74) is 0. The van der Waals surface area contributed by atoms with Gasteiger partial charge in [-0.25, -0.2) is 0 Å². The second-order valence-electron chi connectivity index (χ2n) is 3.57. The van der Waals surface area contributed by atoms with Crippen molar-refractivity contribution in [1.29, 1.82) is 0 Å². The first-order valence-electron chi connectivity index (χ1n) is 5.03. The molecule has 0 N–H and O–H groups in total. The van der Waals surface area contributed by atoms with E-state index in [9.17, 15) is 8.42 Å². The van der Waals surface area contributed by atoms with Crippen molar-refractivity contribution in [2.45, 2.75) is 4.90 Å². The van der Waals surface area contributed by atoms with Crippen molar-refractivity contribution in [3.63, 3.8) is 0 Å². The van der Waals surface area contributed by atoms with Gasteiger partial charge in [0.2, 0.25) is 0 Å². The van der Waals surface area contributed by atoms with Gasteiger partial charge in [-0.05, 0) is 58.4 Å². The fourth-order valence-corrected chi connectivity index (χ4v) is 2.83. The molecular formula is C12H7BrCl2O3S. The first-order valence-corrected chi connectivity index (χ1v) is 7.99. The molecule has 7 heteroatoms. The van der Waals surface area contributed by atoms with Gasteiger partial charge >= 0.3 is 10.1 Å². The van der Waals surface area contributed by atoms with E-state index in [2.05, 4.69) is 15.9 Å². The van der Waals surface area contributed by atoms with Gasteiger partial charge in [-0.2, -0.15) is 8.42 Å². The third kappa shape index (κ3) is 3.63. The smallest absolute Gasteiger partial charge is 0.339 e. The van der Waals surface area contributed by atoms with Crippen molar-refractivity contribution < 1.29 is 12.6 Å². The Morgan fingerprint density at radius 3 is 2.21 bits per heavy atom. The maximum absolute atomic E-state index is 12.0. The molecule has 0 aromatic heterocycles. The normalized spacial score (nSPS) is 11.3. The van der Waals surface area contributed by atoms with Crippen LogP contribution in [-0.4, -0.2) is 8.42 Å². The third-order valence-corrected chi connectivity index (χ3v) is 4.93. The molecule has 0 spiro atoms. The monoisotopic (exact) mass is 380 g/mol. The van der Waals surface area contributed by atoms with E-state index < -0.39 is 10.1 Å². The molecule has 100 valence electrons. The fourth-order valence-electron chi connectivity index (χ4n) is 1.30. The van der Waals surface area contributed by atoms with Crippen LogP contribution >= 0.6 is 39.1 Å². The summed E-state index contributed by atoms with van der Waals surface area (Å²) in [5.74, 6) is 0.172. The molecule has 0 saturated carbocycles. The number of rotatable bonds is 3. The number of benzene rings is 2. The van der Waals surface area contributed by atoms with Gasteiger partial charge < -0.3 is 4.18 Å². The summed E-state index contributed by atoms with van der Waals surface area (Å²) in [7, 11) is -3.88. The van der Waals surface area contributed by atoms with Crippen molar-refractivity contribution in [2.75, 3.05) is 0 Å². The number of hydrogen-bond acceptors (Lipinski definition) is 3. The predicted molar refractivity (Wildman–Crippen MR) is 78.4 cm³/mol. The van der Waals surface area contributed by atoms with E-state index in [1.54, 1.807) is 6.07 Å². The maximum atomic E-state index is 12.0. The first kappa shape index (κ1) is 14.7. The summed E-state index contributed by atoms with van der Waals surface area (Å²) in [4.78, 5) is 0.0305. The Balaban J connectivity index is 2.30. The molecule has 0 saturated heterocycles. The zero-order valence-corrected chi connectivity index (χ0v) is 13.2. The Morgan fingerprint density at radius 1 is 1.00 bits per heavy atom. The van der Waals surface area contributed by atoms with Crippen LogP contribution in [-0.2, 0) is 10.1 Å². The molecule has 2 aromatic carbocycles. The summed E-state index contributed by atoms with van der Waals surface area (Å²) in [5, 5.41) is 0.921. The molecule has 0 unspecified atom stereocenters. The van der Waals surface area contributed by atoms with Gasteiger partial charge in [0, 0.05) is 9.50 Å². The van der Waals surface area contributed by atoms with E-state index >= 15 is 0 Å². The van der Waals surface area contributed by atoms with Crippen LogP contribution in [0.3, 0.4) is 0 Å². The lowest BCUT2D eigenvalue weighted by atomic mass is 10.3. The lowest BCUT2D eigenvalue weighted by molar-refractivity contribution is 0.486. The Hall–Kier alpha value is -0.750. The van der Waals surface area contributed by atoms with Gasteiger partial charge in [0.05, 0.1) is 5.02 Å². The van der Waals surface area contributed by atoms with E-state index in [-0.39, 0.29) is 10.6 Å². The molecule has 2 aromatic rings. The van der Waals surface area contributed by atoms with Crippen LogP contribution in [0.25, 0.3) is 0 Å². The van der Waals surface area contributed by atoms with Crippen molar-refractivity contribution in [3.8, 4) is 5.75 Å². The SMILES string of the molecule is O=S(=O)(Oc1ccc(Cl)c(Br)c1)c1ccc(Cl)cc1. The summed E-state index contributed by atoms with van der Waals surface area (Å²) in [6, 6.07) is 10.2. The Morgan fingerprint density at radius 2 is 1.63 bits per heavy atom. The molecule has 2 rings (SSSR count). The van der Waals surface area contributed by atoms with Gasteiger partial charge in [-0.15, -0.1) is 0 Å². The van der Waals surface area contributed by atoms with Crippen LogP contribution in [0, 0.1) is 0 Å². The zero-order chi connectivity index (χ0) is 14.0. The maximum Gasteiger partial charge on any atom is 0.339 e. The lowest BCUT2D eigenvalue weighted by Gasteiger charge is -2.07. The Labute approximate surface area is 129 Å². The highest BCUT2D eigenvalue weighted by atomic mass is 79.9. The van der Waals surface area contributed by atoms with Crippen molar-refractivity contribution in [3.05, 3.63) is 57.0 Å². The zero-order valence-electron chi connectivity index (χ0n) is 9.31. The van der Waals surface area contributed by atoms with Crippen molar-refractivity contribution >= 4 is 49.2 Å². The fraction of sp³-hybridized carbons (Fsp3) is 0. The molecule has 0 aliphatic carbocycles. The second-order valence-corrected chi connectivity index (χ2v) is 6.81. The Kier molecular flexibility index (Phi) is 4.40. The standard InChI is InChI=1S/C12H7BrCl2O3S/c13-11-7-9(3-6-12(11)15)18-19(16,17)10-4-1-8(14)2-5-10/h1-7H. The summed E-state index contributed by atoms with van der Waals surface area (Å²) >= 11 is 14.7.